The lowest BCUT2D eigenvalue weighted by Gasteiger charge is -2.25. The van der Waals surface area contributed by atoms with Crippen molar-refractivity contribution in [1.82, 2.24) is 15.2 Å². The van der Waals surface area contributed by atoms with Crippen molar-refractivity contribution in [1.29, 1.82) is 0 Å². The number of aromatic nitrogens is 1. The van der Waals surface area contributed by atoms with Crippen molar-refractivity contribution in [3.05, 3.63) is 29.3 Å². The first-order chi connectivity index (χ1) is 12.3. The van der Waals surface area contributed by atoms with E-state index < -0.39 is 0 Å². The molecule has 1 aromatic carbocycles. The van der Waals surface area contributed by atoms with Gasteiger partial charge in [0.2, 0.25) is 0 Å². The Kier molecular flexibility index (Phi) is 5.17. The molecular formula is C19H25N3O2S. The smallest absolute Gasteiger partial charge is 0.317 e. The number of aryl methyl sites for hydroxylation is 1. The van der Waals surface area contributed by atoms with Crippen molar-refractivity contribution in [2.75, 3.05) is 26.3 Å². The minimum Gasteiger partial charge on any atom is -0.381 e. The number of hydrogen-bond donors (Lipinski definition) is 1. The first-order valence-electron chi connectivity index (χ1n) is 9.26. The number of fused-ring (bicyclic) bond motifs is 1. The molecule has 0 bridgehead atoms. The molecule has 5 nitrogen and oxygen atoms in total. The predicted octanol–water partition coefficient (Wildman–Crippen LogP) is 3.44. The first-order valence-corrected chi connectivity index (χ1v) is 10.1. The van der Waals surface area contributed by atoms with Gasteiger partial charge in [0.25, 0.3) is 0 Å². The van der Waals surface area contributed by atoms with Crippen LogP contribution in [0.1, 0.15) is 30.7 Å². The maximum Gasteiger partial charge on any atom is 0.317 e. The predicted molar refractivity (Wildman–Crippen MR) is 100.0 cm³/mol. The number of thiazole rings is 1. The van der Waals surface area contributed by atoms with Crippen LogP contribution in [0.4, 0.5) is 4.79 Å². The number of amides is 2. The van der Waals surface area contributed by atoms with Crippen LogP contribution in [-0.4, -0.2) is 48.3 Å². The van der Waals surface area contributed by atoms with Crippen molar-refractivity contribution in [3.8, 4) is 0 Å². The number of rotatable bonds is 7. The molecule has 25 heavy (non-hydrogen) atoms. The van der Waals surface area contributed by atoms with Gasteiger partial charge in [-0.25, -0.2) is 9.78 Å². The monoisotopic (exact) mass is 359 g/mol. The van der Waals surface area contributed by atoms with Gasteiger partial charge in [0, 0.05) is 38.1 Å². The molecular weight excluding hydrogens is 334 g/mol. The van der Waals surface area contributed by atoms with E-state index in [4.69, 9.17) is 4.74 Å². The van der Waals surface area contributed by atoms with Crippen LogP contribution in [0, 0.1) is 5.92 Å². The molecule has 1 N–H and O–H groups in total. The summed E-state index contributed by atoms with van der Waals surface area (Å²) in [5.41, 5.74) is 1.07. The molecule has 1 saturated heterocycles. The van der Waals surface area contributed by atoms with Crippen LogP contribution in [0.15, 0.2) is 24.3 Å². The molecule has 2 aromatic rings. The highest BCUT2D eigenvalue weighted by Gasteiger charge is 2.34. The Morgan fingerprint density at radius 3 is 2.96 bits per heavy atom. The fraction of sp³-hybridized carbons (Fsp3) is 0.579. The van der Waals surface area contributed by atoms with Gasteiger partial charge in [-0.1, -0.05) is 12.1 Å². The van der Waals surface area contributed by atoms with E-state index in [9.17, 15) is 4.79 Å². The minimum absolute atomic E-state index is 0.0960. The van der Waals surface area contributed by atoms with Crippen LogP contribution >= 0.6 is 11.3 Å². The molecule has 1 atom stereocenters. The Hall–Kier alpha value is -1.66. The average Bonchev–Trinajstić information content (AvgIpc) is 3.17. The van der Waals surface area contributed by atoms with Crippen molar-refractivity contribution in [2.24, 2.45) is 5.92 Å². The number of nitrogens with one attached hydrogen (secondary N) is 1. The molecule has 0 radical (unpaired) electrons. The summed E-state index contributed by atoms with van der Waals surface area (Å²) in [6.45, 7) is 3.19. The van der Waals surface area contributed by atoms with E-state index in [0.717, 1.165) is 62.4 Å². The van der Waals surface area contributed by atoms with Crippen molar-refractivity contribution < 1.29 is 9.53 Å². The molecule has 4 rings (SSSR count). The molecule has 0 spiro atoms. The normalized spacial score (nSPS) is 20.1. The maximum absolute atomic E-state index is 12.5. The zero-order chi connectivity index (χ0) is 17.1. The third kappa shape index (κ3) is 4.30. The van der Waals surface area contributed by atoms with Crippen molar-refractivity contribution >= 4 is 27.6 Å². The molecule has 2 amide bonds. The zero-order valence-electron chi connectivity index (χ0n) is 14.4. The van der Waals surface area contributed by atoms with E-state index in [1.165, 1.54) is 4.70 Å². The van der Waals surface area contributed by atoms with E-state index >= 15 is 0 Å². The van der Waals surface area contributed by atoms with E-state index in [-0.39, 0.29) is 6.03 Å². The fourth-order valence-electron chi connectivity index (χ4n) is 3.35. The molecule has 2 aliphatic rings. The van der Waals surface area contributed by atoms with Crippen LogP contribution in [0.3, 0.4) is 0 Å². The summed E-state index contributed by atoms with van der Waals surface area (Å²) in [6.07, 6.45) is 5.21. The van der Waals surface area contributed by atoms with Crippen LogP contribution in [0.2, 0.25) is 0 Å². The van der Waals surface area contributed by atoms with Crippen LogP contribution < -0.4 is 5.32 Å². The fourth-order valence-corrected chi connectivity index (χ4v) is 4.36. The average molecular weight is 359 g/mol. The maximum atomic E-state index is 12.5. The molecule has 1 saturated carbocycles. The highest BCUT2D eigenvalue weighted by atomic mass is 32.1. The lowest BCUT2D eigenvalue weighted by atomic mass is 10.1. The van der Waals surface area contributed by atoms with Gasteiger partial charge in [-0.3, -0.25) is 0 Å². The molecule has 2 fully saturated rings. The molecule has 134 valence electrons. The summed E-state index contributed by atoms with van der Waals surface area (Å²) >= 11 is 1.75. The van der Waals surface area contributed by atoms with Crippen LogP contribution in [0.25, 0.3) is 10.2 Å². The third-order valence-corrected chi connectivity index (χ3v) is 6.01. The summed E-state index contributed by atoms with van der Waals surface area (Å²) in [4.78, 5) is 19.2. The number of hydrogen-bond acceptors (Lipinski definition) is 4. The van der Waals surface area contributed by atoms with Gasteiger partial charge < -0.3 is 15.0 Å². The lowest BCUT2D eigenvalue weighted by molar-refractivity contribution is 0.162. The summed E-state index contributed by atoms with van der Waals surface area (Å²) in [5.74, 6) is 0.508. The quantitative estimate of drug-likeness (QED) is 0.771. The second-order valence-corrected chi connectivity index (χ2v) is 8.14. The van der Waals surface area contributed by atoms with Gasteiger partial charge in [0.1, 0.15) is 0 Å². The van der Waals surface area contributed by atoms with Crippen LogP contribution in [-0.2, 0) is 11.2 Å². The molecule has 1 aromatic heterocycles. The molecule has 1 aliphatic carbocycles. The summed E-state index contributed by atoms with van der Waals surface area (Å²) in [7, 11) is 0. The number of para-hydroxylation sites is 1. The Labute approximate surface area is 152 Å². The van der Waals surface area contributed by atoms with Crippen molar-refractivity contribution in [2.45, 2.75) is 38.1 Å². The van der Waals surface area contributed by atoms with Gasteiger partial charge in [0.15, 0.2) is 0 Å². The zero-order valence-corrected chi connectivity index (χ0v) is 15.3. The standard InChI is InChI=1S/C19H25N3O2S/c23-19(22(15-7-8-15)12-14-9-11-24-13-14)20-10-3-6-18-21-16-4-1-2-5-17(16)25-18/h1-2,4-5,14-15H,3,6-13H2,(H,20,23). The second kappa shape index (κ2) is 7.70. The highest BCUT2D eigenvalue weighted by molar-refractivity contribution is 7.18. The van der Waals surface area contributed by atoms with Crippen molar-refractivity contribution in [3.63, 3.8) is 0 Å². The van der Waals surface area contributed by atoms with Gasteiger partial charge in [0.05, 0.1) is 21.8 Å². The Bertz CT molecular complexity index is 689. The Morgan fingerprint density at radius 2 is 2.20 bits per heavy atom. The second-order valence-electron chi connectivity index (χ2n) is 7.02. The number of carbonyl (C=O) groups excluding carboxylic acids is 1. The molecule has 1 aliphatic heterocycles. The van der Waals surface area contributed by atoms with E-state index in [1.807, 2.05) is 17.0 Å². The highest BCUT2D eigenvalue weighted by Crippen LogP contribution is 2.29. The SMILES string of the molecule is O=C(NCCCc1nc2ccccc2s1)N(CC1CCOC1)C1CC1. The van der Waals surface area contributed by atoms with E-state index in [2.05, 4.69) is 22.4 Å². The minimum atomic E-state index is 0.0960. The number of nitrogens with zero attached hydrogens (tertiary/aromatic N) is 2. The van der Waals surface area contributed by atoms with E-state index in [1.54, 1.807) is 11.3 Å². The Balaban J connectivity index is 1.23. The molecule has 2 heterocycles. The lowest BCUT2D eigenvalue weighted by Crippen LogP contribution is -2.44. The summed E-state index contributed by atoms with van der Waals surface area (Å²) in [5, 5.41) is 4.26. The van der Waals surface area contributed by atoms with Crippen LogP contribution in [0.5, 0.6) is 0 Å². The van der Waals surface area contributed by atoms with Gasteiger partial charge in [-0.2, -0.15) is 0 Å². The van der Waals surface area contributed by atoms with Gasteiger partial charge >= 0.3 is 6.03 Å². The third-order valence-electron chi connectivity index (χ3n) is 4.91. The van der Waals surface area contributed by atoms with E-state index in [0.29, 0.717) is 18.5 Å². The Morgan fingerprint density at radius 1 is 1.32 bits per heavy atom. The molecule has 1 unspecified atom stereocenters. The largest absolute Gasteiger partial charge is 0.381 e. The van der Waals surface area contributed by atoms with Gasteiger partial charge in [-0.05, 0) is 37.8 Å². The number of ether oxygens (including phenoxy) is 1. The van der Waals surface area contributed by atoms with Gasteiger partial charge in [-0.15, -0.1) is 11.3 Å². The molecule has 6 heteroatoms. The number of urea groups is 1. The first kappa shape index (κ1) is 16.8. The topological polar surface area (TPSA) is 54.5 Å². The number of carbonyl (C=O) groups is 1. The summed E-state index contributed by atoms with van der Waals surface area (Å²) < 4.78 is 6.68. The number of benzene rings is 1. The summed E-state index contributed by atoms with van der Waals surface area (Å²) in [6, 6.07) is 8.78.